The number of aliphatic hydroxyl groups excluding tert-OH is 1. The predicted molar refractivity (Wildman–Crippen MR) is 96.7 cm³/mol. The van der Waals surface area contributed by atoms with E-state index in [1.54, 1.807) is 12.0 Å². The van der Waals surface area contributed by atoms with Gasteiger partial charge in [0, 0.05) is 38.1 Å². The fourth-order valence-electron chi connectivity index (χ4n) is 3.37. The van der Waals surface area contributed by atoms with Gasteiger partial charge in [-0.3, -0.25) is 4.79 Å². The molecular formula is C20H27NO5. The molecule has 2 aliphatic heterocycles. The number of benzene rings is 1. The van der Waals surface area contributed by atoms with Gasteiger partial charge in [0.15, 0.2) is 5.76 Å². The van der Waals surface area contributed by atoms with E-state index in [0.29, 0.717) is 18.8 Å². The number of methoxy groups -OCH3 is 1. The third-order valence-electron chi connectivity index (χ3n) is 4.86. The van der Waals surface area contributed by atoms with Gasteiger partial charge in [0.25, 0.3) is 5.91 Å². The molecule has 0 spiro atoms. The number of nitrogens with zero attached hydrogens (tertiary/aromatic N) is 1. The van der Waals surface area contributed by atoms with E-state index in [1.165, 1.54) is 0 Å². The van der Waals surface area contributed by atoms with Gasteiger partial charge in [0.05, 0.1) is 7.11 Å². The van der Waals surface area contributed by atoms with E-state index in [9.17, 15) is 9.90 Å². The maximum absolute atomic E-state index is 12.5. The number of hydrogen-bond donors (Lipinski definition) is 1. The zero-order valence-corrected chi connectivity index (χ0v) is 15.4. The van der Waals surface area contributed by atoms with Gasteiger partial charge in [-0.05, 0) is 43.5 Å². The van der Waals surface area contributed by atoms with Gasteiger partial charge >= 0.3 is 0 Å². The monoisotopic (exact) mass is 361 g/mol. The Balaban J connectivity index is 1.93. The molecule has 6 heteroatoms. The number of amides is 1. The van der Waals surface area contributed by atoms with Crippen LogP contribution in [0.5, 0.6) is 5.75 Å². The largest absolute Gasteiger partial charge is 0.497 e. The molecule has 26 heavy (non-hydrogen) atoms. The van der Waals surface area contributed by atoms with Gasteiger partial charge in [0.2, 0.25) is 6.29 Å². The number of allylic oxidation sites excluding steroid dienone is 1. The van der Waals surface area contributed by atoms with Crippen molar-refractivity contribution in [2.24, 2.45) is 5.92 Å². The minimum Gasteiger partial charge on any atom is -0.497 e. The third kappa shape index (κ3) is 4.19. The summed E-state index contributed by atoms with van der Waals surface area (Å²) in [6.45, 7) is 4.09. The van der Waals surface area contributed by atoms with Crippen LogP contribution in [0.15, 0.2) is 36.1 Å². The first-order valence-electron chi connectivity index (χ1n) is 9.22. The number of carbonyl (C=O) groups is 1. The smallest absolute Gasteiger partial charge is 0.288 e. The van der Waals surface area contributed by atoms with Crippen molar-refractivity contribution in [3.05, 3.63) is 41.7 Å². The summed E-state index contributed by atoms with van der Waals surface area (Å²) < 4.78 is 17.0. The molecule has 2 heterocycles. The molecular weight excluding hydrogens is 334 g/mol. The molecule has 0 aliphatic carbocycles. The summed E-state index contributed by atoms with van der Waals surface area (Å²) in [4.78, 5) is 14.3. The Kier molecular flexibility index (Phi) is 6.16. The summed E-state index contributed by atoms with van der Waals surface area (Å²) in [6.07, 6.45) is 2.83. The van der Waals surface area contributed by atoms with Crippen molar-refractivity contribution in [1.82, 2.24) is 4.90 Å². The van der Waals surface area contributed by atoms with Gasteiger partial charge < -0.3 is 24.2 Å². The van der Waals surface area contributed by atoms with Crippen LogP contribution in [0.2, 0.25) is 0 Å². The number of aliphatic hydroxyl groups is 1. The fourth-order valence-corrected chi connectivity index (χ4v) is 3.37. The van der Waals surface area contributed by atoms with Crippen molar-refractivity contribution in [3.8, 4) is 5.75 Å². The molecule has 1 aromatic rings. The molecule has 3 atom stereocenters. The lowest BCUT2D eigenvalue weighted by molar-refractivity contribution is -0.168. The average Bonchev–Trinajstić information content (AvgIpc) is 3.51. The minimum atomic E-state index is -0.498. The van der Waals surface area contributed by atoms with Gasteiger partial charge in [-0.25, -0.2) is 0 Å². The highest BCUT2D eigenvalue weighted by atomic mass is 16.7. The highest BCUT2D eigenvalue weighted by Gasteiger charge is 2.40. The lowest BCUT2D eigenvalue weighted by Crippen LogP contribution is -2.37. The Morgan fingerprint density at radius 2 is 2.04 bits per heavy atom. The van der Waals surface area contributed by atoms with Crippen LogP contribution in [-0.2, 0) is 14.3 Å². The van der Waals surface area contributed by atoms with E-state index in [2.05, 4.69) is 0 Å². The highest BCUT2D eigenvalue weighted by Crippen LogP contribution is 2.40. The lowest BCUT2D eigenvalue weighted by Gasteiger charge is -2.37. The summed E-state index contributed by atoms with van der Waals surface area (Å²) >= 11 is 0. The molecule has 3 rings (SSSR count). The quantitative estimate of drug-likeness (QED) is 0.720. The summed E-state index contributed by atoms with van der Waals surface area (Å²) in [5, 5.41) is 9.29. The van der Waals surface area contributed by atoms with Crippen LogP contribution in [-0.4, -0.2) is 55.6 Å². The van der Waals surface area contributed by atoms with Crippen molar-refractivity contribution in [3.63, 3.8) is 0 Å². The summed E-state index contributed by atoms with van der Waals surface area (Å²) in [6, 6.07) is 7.87. The Morgan fingerprint density at radius 1 is 1.31 bits per heavy atom. The second kappa shape index (κ2) is 8.56. The second-order valence-corrected chi connectivity index (χ2v) is 6.59. The molecule has 1 amide bonds. The predicted octanol–water partition coefficient (Wildman–Crippen LogP) is 2.29. The normalized spacial score (nSPS) is 24.7. The highest BCUT2D eigenvalue weighted by molar-refractivity contribution is 5.93. The fraction of sp³-hybridized carbons (Fsp3) is 0.550. The van der Waals surface area contributed by atoms with Gasteiger partial charge in [0.1, 0.15) is 5.75 Å². The summed E-state index contributed by atoms with van der Waals surface area (Å²) in [5.41, 5.74) is 1.08. The van der Waals surface area contributed by atoms with Crippen molar-refractivity contribution < 1.29 is 24.1 Å². The molecule has 1 fully saturated rings. The van der Waals surface area contributed by atoms with E-state index in [-0.39, 0.29) is 24.3 Å². The Hall–Kier alpha value is -2.05. The number of carbonyl (C=O) groups excluding carboxylic acids is 1. The maximum Gasteiger partial charge on any atom is 0.288 e. The minimum absolute atomic E-state index is 0.0170. The molecule has 0 radical (unpaired) electrons. The van der Waals surface area contributed by atoms with Gasteiger partial charge in [-0.2, -0.15) is 0 Å². The SMILES string of the molecule is CCO[C@@H]1OC(C(=O)N2CC2)=C[C@H](c2ccc(OC)cc2)[C@H]1CCCO. The Bertz CT molecular complexity index is 638. The maximum atomic E-state index is 12.5. The molecule has 142 valence electrons. The second-order valence-electron chi connectivity index (χ2n) is 6.59. The van der Waals surface area contributed by atoms with Crippen molar-refractivity contribution in [1.29, 1.82) is 0 Å². The molecule has 0 aromatic heterocycles. The molecule has 0 bridgehead atoms. The van der Waals surface area contributed by atoms with E-state index in [1.807, 2.05) is 37.3 Å². The number of rotatable bonds is 8. The molecule has 0 unspecified atom stereocenters. The van der Waals surface area contributed by atoms with Crippen molar-refractivity contribution >= 4 is 5.91 Å². The molecule has 1 N–H and O–H groups in total. The molecule has 1 aromatic carbocycles. The van der Waals surface area contributed by atoms with E-state index < -0.39 is 6.29 Å². The first-order valence-corrected chi connectivity index (χ1v) is 9.22. The number of hydrogen-bond acceptors (Lipinski definition) is 5. The zero-order valence-electron chi connectivity index (χ0n) is 15.4. The van der Waals surface area contributed by atoms with Crippen LogP contribution < -0.4 is 4.74 Å². The lowest BCUT2D eigenvalue weighted by atomic mass is 9.80. The van der Waals surface area contributed by atoms with Gasteiger partial charge in [-0.15, -0.1) is 0 Å². The van der Waals surface area contributed by atoms with Crippen LogP contribution in [0.1, 0.15) is 31.2 Å². The van der Waals surface area contributed by atoms with Crippen LogP contribution in [0.25, 0.3) is 0 Å². The topological polar surface area (TPSA) is 68.0 Å². The van der Waals surface area contributed by atoms with Crippen molar-refractivity contribution in [2.75, 3.05) is 33.4 Å². The number of ether oxygens (including phenoxy) is 3. The standard InChI is InChI=1S/C20H27NO5/c1-3-25-20-16(5-4-12-22)17(14-6-8-15(24-2)9-7-14)13-18(26-20)19(23)21-10-11-21/h6-9,13,16-17,20,22H,3-5,10-12H2,1-2H3/t16-,17-,20-/m1/s1. The molecule has 2 aliphatic rings. The molecule has 1 saturated heterocycles. The first kappa shape index (κ1) is 18.7. The van der Waals surface area contributed by atoms with Crippen LogP contribution >= 0.6 is 0 Å². The summed E-state index contributed by atoms with van der Waals surface area (Å²) in [5.74, 6) is 1.09. The average molecular weight is 361 g/mol. The third-order valence-corrected chi connectivity index (χ3v) is 4.86. The first-order chi connectivity index (χ1) is 12.7. The van der Waals surface area contributed by atoms with E-state index in [4.69, 9.17) is 14.2 Å². The molecule has 0 saturated carbocycles. The van der Waals surface area contributed by atoms with Crippen LogP contribution in [0, 0.1) is 5.92 Å². The zero-order chi connectivity index (χ0) is 18.5. The van der Waals surface area contributed by atoms with E-state index in [0.717, 1.165) is 30.8 Å². The van der Waals surface area contributed by atoms with Gasteiger partial charge in [-0.1, -0.05) is 12.1 Å². The Morgan fingerprint density at radius 3 is 2.62 bits per heavy atom. The van der Waals surface area contributed by atoms with Crippen LogP contribution in [0.4, 0.5) is 0 Å². The van der Waals surface area contributed by atoms with E-state index >= 15 is 0 Å². The summed E-state index contributed by atoms with van der Waals surface area (Å²) in [7, 11) is 1.64. The Labute approximate surface area is 154 Å². The van der Waals surface area contributed by atoms with Crippen LogP contribution in [0.3, 0.4) is 0 Å². The molecule has 6 nitrogen and oxygen atoms in total. The van der Waals surface area contributed by atoms with Crippen molar-refractivity contribution in [2.45, 2.75) is 32.0 Å².